The molecule has 3 N–H and O–H groups in total. The zero-order valence-corrected chi connectivity index (χ0v) is 17.2. The topological polar surface area (TPSA) is 101 Å². The number of benzene rings is 1. The highest BCUT2D eigenvalue weighted by Gasteiger charge is 2.30. The molecule has 0 saturated carbocycles. The molecule has 0 fully saturated rings. The van der Waals surface area contributed by atoms with E-state index >= 15 is 0 Å². The number of aliphatic hydroxyl groups is 1. The summed E-state index contributed by atoms with van der Waals surface area (Å²) in [4.78, 5) is 9.01. The van der Waals surface area contributed by atoms with Gasteiger partial charge in [0.25, 0.3) is 0 Å². The van der Waals surface area contributed by atoms with Crippen molar-refractivity contribution in [3.63, 3.8) is 0 Å². The fourth-order valence-corrected chi connectivity index (χ4v) is 3.65. The van der Waals surface area contributed by atoms with Crippen LogP contribution in [0.15, 0.2) is 35.9 Å². The van der Waals surface area contributed by atoms with Crippen molar-refractivity contribution in [3.05, 3.63) is 47.1 Å². The molecule has 1 aromatic carbocycles. The first-order valence-electron chi connectivity index (χ1n) is 9.89. The number of aliphatic hydroxyl groups excluding tert-OH is 1. The highest BCUT2D eigenvalue weighted by molar-refractivity contribution is 5.65. The van der Waals surface area contributed by atoms with Crippen molar-refractivity contribution in [1.29, 1.82) is 0 Å². The van der Waals surface area contributed by atoms with Crippen LogP contribution in [0.5, 0.6) is 11.5 Å². The van der Waals surface area contributed by atoms with Crippen LogP contribution in [0.4, 0.5) is 0 Å². The van der Waals surface area contributed by atoms with Crippen molar-refractivity contribution in [1.82, 2.24) is 0 Å². The number of aromatic hydroxyl groups is 2. The van der Waals surface area contributed by atoms with Crippen molar-refractivity contribution in [3.8, 4) is 11.5 Å². The molecule has 28 heavy (non-hydrogen) atoms. The lowest BCUT2D eigenvalue weighted by Crippen LogP contribution is -2.25. The van der Waals surface area contributed by atoms with Crippen LogP contribution >= 0.6 is 0 Å². The SMILES string of the molecule is C=C(C)[C@@H]1CCC(C)=C[C@H]1c1c(O)cc(CCCCC)cc1O.O=C([O-])CO. The van der Waals surface area contributed by atoms with Gasteiger partial charge in [-0.1, -0.05) is 43.6 Å². The van der Waals surface area contributed by atoms with Gasteiger partial charge in [-0.3, -0.25) is 0 Å². The Bertz CT molecular complexity index is 682. The molecule has 0 amide bonds. The van der Waals surface area contributed by atoms with Gasteiger partial charge in [-0.25, -0.2) is 0 Å². The number of carboxylic acid groups (broad SMARTS) is 1. The summed E-state index contributed by atoms with van der Waals surface area (Å²) >= 11 is 0. The molecule has 0 heterocycles. The van der Waals surface area contributed by atoms with E-state index in [1.807, 2.05) is 19.1 Å². The van der Waals surface area contributed by atoms with Crippen LogP contribution in [0.2, 0.25) is 0 Å². The fourth-order valence-electron chi connectivity index (χ4n) is 3.65. The zero-order chi connectivity index (χ0) is 21.3. The lowest BCUT2D eigenvalue weighted by Gasteiger charge is -2.31. The minimum atomic E-state index is -1.44. The van der Waals surface area contributed by atoms with E-state index in [0.717, 1.165) is 36.8 Å². The molecule has 1 aromatic rings. The lowest BCUT2D eigenvalue weighted by atomic mass is 9.73. The largest absolute Gasteiger partial charge is 0.548 e. The van der Waals surface area contributed by atoms with E-state index in [1.54, 1.807) is 0 Å². The second-order valence-electron chi connectivity index (χ2n) is 7.57. The normalized spacial score (nSPS) is 18.6. The van der Waals surface area contributed by atoms with Gasteiger partial charge in [-0.2, -0.15) is 0 Å². The fraction of sp³-hybridized carbons (Fsp3) is 0.522. The van der Waals surface area contributed by atoms with Crippen LogP contribution in [-0.4, -0.2) is 27.9 Å². The first kappa shape index (κ1) is 23.8. The van der Waals surface area contributed by atoms with E-state index in [-0.39, 0.29) is 23.3 Å². The molecular weight excluding hydrogens is 356 g/mol. The number of aryl methyl sites for hydroxylation is 1. The monoisotopic (exact) mass is 389 g/mol. The van der Waals surface area contributed by atoms with Crippen LogP contribution in [0.3, 0.4) is 0 Å². The second-order valence-corrected chi connectivity index (χ2v) is 7.57. The molecule has 0 spiro atoms. The number of carbonyl (C=O) groups excluding carboxylic acids is 1. The highest BCUT2D eigenvalue weighted by atomic mass is 16.4. The molecule has 0 bridgehead atoms. The molecule has 1 aliphatic carbocycles. The van der Waals surface area contributed by atoms with Gasteiger partial charge in [-0.15, -0.1) is 0 Å². The minimum absolute atomic E-state index is 0.0194. The van der Waals surface area contributed by atoms with Gasteiger partial charge < -0.3 is 25.2 Å². The van der Waals surface area contributed by atoms with E-state index in [4.69, 9.17) is 15.0 Å². The van der Waals surface area contributed by atoms with E-state index in [1.165, 1.54) is 18.4 Å². The number of unbranched alkanes of at least 4 members (excludes halogenated alkanes) is 2. The molecule has 156 valence electrons. The van der Waals surface area contributed by atoms with Gasteiger partial charge >= 0.3 is 0 Å². The third-order valence-corrected chi connectivity index (χ3v) is 5.11. The average molecular weight is 390 g/mol. The number of hydrogen-bond donors (Lipinski definition) is 3. The predicted molar refractivity (Wildman–Crippen MR) is 109 cm³/mol. The summed E-state index contributed by atoms with van der Waals surface area (Å²) in [5.41, 5.74) is 4.11. The lowest BCUT2D eigenvalue weighted by molar-refractivity contribution is -0.308. The summed E-state index contributed by atoms with van der Waals surface area (Å²) < 4.78 is 0. The van der Waals surface area contributed by atoms with Crippen molar-refractivity contribution in [2.24, 2.45) is 5.92 Å². The molecule has 0 radical (unpaired) electrons. The van der Waals surface area contributed by atoms with Crippen molar-refractivity contribution < 1.29 is 25.2 Å². The maximum absolute atomic E-state index is 10.5. The highest BCUT2D eigenvalue weighted by Crippen LogP contribution is 2.46. The second kappa shape index (κ2) is 11.5. The summed E-state index contributed by atoms with van der Waals surface area (Å²) in [6.45, 7) is 9.56. The maximum Gasteiger partial charge on any atom is 0.123 e. The third kappa shape index (κ3) is 7.04. The first-order chi connectivity index (χ1) is 13.2. The number of rotatable bonds is 7. The van der Waals surface area contributed by atoms with Crippen molar-refractivity contribution in [2.45, 2.75) is 65.2 Å². The molecule has 5 nitrogen and oxygen atoms in total. The maximum atomic E-state index is 10.5. The molecule has 0 aliphatic heterocycles. The Kier molecular flexibility index (Phi) is 9.80. The molecule has 0 unspecified atom stereocenters. The Morgan fingerprint density at radius 2 is 1.82 bits per heavy atom. The number of hydrogen-bond acceptors (Lipinski definition) is 5. The summed E-state index contributed by atoms with van der Waals surface area (Å²) in [5, 5.41) is 37.6. The third-order valence-electron chi connectivity index (χ3n) is 5.11. The summed E-state index contributed by atoms with van der Waals surface area (Å²) in [5.74, 6) is -0.699. The molecule has 2 rings (SSSR count). The molecule has 5 heteroatoms. The molecular formula is C23H33O5-. The Balaban J connectivity index is 0.000000696. The van der Waals surface area contributed by atoms with Gasteiger partial charge in [0.1, 0.15) is 11.5 Å². The summed E-state index contributed by atoms with van der Waals surface area (Å²) in [7, 11) is 0. The molecule has 0 saturated heterocycles. The van der Waals surface area contributed by atoms with E-state index in [9.17, 15) is 10.2 Å². The van der Waals surface area contributed by atoms with Crippen LogP contribution in [0, 0.1) is 5.92 Å². The Morgan fingerprint density at radius 1 is 1.25 bits per heavy atom. The van der Waals surface area contributed by atoms with E-state index < -0.39 is 12.6 Å². The van der Waals surface area contributed by atoms with Crippen LogP contribution in [-0.2, 0) is 11.2 Å². The number of allylic oxidation sites excluding steroid dienone is 3. The van der Waals surface area contributed by atoms with Crippen LogP contribution < -0.4 is 5.11 Å². The van der Waals surface area contributed by atoms with E-state index in [0.29, 0.717) is 5.56 Å². The van der Waals surface area contributed by atoms with Crippen LogP contribution in [0.25, 0.3) is 0 Å². The number of carboxylic acids is 1. The number of phenolic OH excluding ortho intramolecular Hbond substituents is 2. The van der Waals surface area contributed by atoms with Crippen molar-refractivity contribution >= 4 is 5.97 Å². The van der Waals surface area contributed by atoms with Gasteiger partial charge in [0.05, 0.1) is 12.6 Å². The Labute approximate surface area is 168 Å². The average Bonchev–Trinajstić information content (AvgIpc) is 2.61. The summed E-state index contributed by atoms with van der Waals surface area (Å²) in [6, 6.07) is 3.66. The summed E-state index contributed by atoms with van der Waals surface area (Å²) in [6.07, 6.45) is 8.61. The van der Waals surface area contributed by atoms with Gasteiger partial charge in [0, 0.05) is 11.5 Å². The number of aliphatic carboxylic acids is 1. The van der Waals surface area contributed by atoms with Gasteiger partial charge in [-0.05, 0) is 63.1 Å². The minimum Gasteiger partial charge on any atom is -0.548 e. The zero-order valence-electron chi connectivity index (χ0n) is 17.2. The Morgan fingerprint density at radius 3 is 2.29 bits per heavy atom. The molecule has 1 aliphatic rings. The quantitative estimate of drug-likeness (QED) is 0.489. The predicted octanol–water partition coefficient (Wildman–Crippen LogP) is 3.58. The molecule has 0 aromatic heterocycles. The molecule has 2 atom stereocenters. The van der Waals surface area contributed by atoms with E-state index in [2.05, 4.69) is 26.5 Å². The number of carbonyl (C=O) groups is 1. The van der Waals surface area contributed by atoms with Crippen molar-refractivity contribution in [2.75, 3.05) is 6.61 Å². The van der Waals surface area contributed by atoms with Crippen LogP contribution in [0.1, 0.15) is 69.9 Å². The number of phenols is 2. The standard InChI is InChI=1S/C21H30O2.C2H4O3/c1-5-6-7-8-16-12-19(22)21(20(23)13-16)18-11-15(4)9-10-17(18)14(2)3;3-1-2(4)5/h11-13,17-18,22-23H,2,5-10H2,1,3-4H3;3H,1H2,(H,4,5)/p-1/t17-,18+;/m0./s1. The van der Waals surface area contributed by atoms with Gasteiger partial charge in [0.15, 0.2) is 0 Å². The Hall–Kier alpha value is -2.27. The first-order valence-corrected chi connectivity index (χ1v) is 9.89. The van der Waals surface area contributed by atoms with Gasteiger partial charge in [0.2, 0.25) is 0 Å². The smallest absolute Gasteiger partial charge is 0.123 e.